The van der Waals surface area contributed by atoms with E-state index in [4.69, 9.17) is 15.2 Å². The number of aromatic nitrogens is 3. The van der Waals surface area contributed by atoms with E-state index in [1.165, 1.54) is 0 Å². The van der Waals surface area contributed by atoms with Gasteiger partial charge in [0.05, 0.1) is 25.3 Å². The lowest BCUT2D eigenvalue weighted by molar-refractivity contribution is -0.126. The van der Waals surface area contributed by atoms with Gasteiger partial charge in [-0.25, -0.2) is 4.79 Å². The summed E-state index contributed by atoms with van der Waals surface area (Å²) in [5.41, 5.74) is 8.05. The highest BCUT2D eigenvalue weighted by molar-refractivity contribution is 5.85. The minimum absolute atomic E-state index is 0. The van der Waals surface area contributed by atoms with E-state index >= 15 is 0 Å². The number of rotatable bonds is 9. The van der Waals surface area contributed by atoms with E-state index in [2.05, 4.69) is 15.5 Å². The zero-order chi connectivity index (χ0) is 26.4. The van der Waals surface area contributed by atoms with E-state index in [1.54, 1.807) is 18.7 Å². The number of fused-ring (bicyclic) bond motifs is 1. The van der Waals surface area contributed by atoms with Gasteiger partial charge in [-0.05, 0) is 31.9 Å². The van der Waals surface area contributed by atoms with Crippen LogP contribution >= 0.6 is 0 Å². The summed E-state index contributed by atoms with van der Waals surface area (Å²) in [4.78, 5) is 27.0. The minimum atomic E-state index is -1.07. The lowest BCUT2D eigenvalue weighted by atomic mass is 10.1. The van der Waals surface area contributed by atoms with Gasteiger partial charge in [0.2, 0.25) is 5.91 Å². The lowest BCUT2D eigenvalue weighted by Crippen LogP contribution is -2.51. The standard InChI is InChI=1S/C27H34N6O4.CH4/c1-19-9-11-21(12-10-19)17-37-26(35)32-13-14-33-23(15-32)30-31-24(33)22(29-25(34)27(2,3)28)18-36-16-20-7-5-4-6-8-20;/h4-12,22H,13-18,28H2,1-3H3,(H,29,34);1H4/t22-;/m1./s1. The van der Waals surface area contributed by atoms with Gasteiger partial charge in [-0.2, -0.15) is 0 Å². The lowest BCUT2D eigenvalue weighted by Gasteiger charge is -2.29. The van der Waals surface area contributed by atoms with Crippen LogP contribution < -0.4 is 11.1 Å². The van der Waals surface area contributed by atoms with Crippen LogP contribution in [0.3, 0.4) is 0 Å². The Balaban J connectivity index is 0.00000400. The molecule has 4 rings (SSSR count). The topological polar surface area (TPSA) is 125 Å². The Labute approximate surface area is 224 Å². The molecule has 3 N–H and O–H groups in total. The summed E-state index contributed by atoms with van der Waals surface area (Å²) >= 11 is 0. The second-order valence-corrected chi connectivity index (χ2v) is 9.84. The first-order chi connectivity index (χ1) is 17.7. The molecule has 1 atom stereocenters. The van der Waals surface area contributed by atoms with E-state index in [9.17, 15) is 9.59 Å². The Morgan fingerprint density at radius 3 is 2.39 bits per heavy atom. The summed E-state index contributed by atoms with van der Waals surface area (Å²) in [6.45, 7) is 7.23. The maximum atomic E-state index is 12.7. The number of nitrogens with one attached hydrogen (secondary N) is 1. The second-order valence-electron chi connectivity index (χ2n) is 9.84. The maximum absolute atomic E-state index is 12.7. The quantitative estimate of drug-likeness (QED) is 0.441. The molecule has 2 aromatic carbocycles. The smallest absolute Gasteiger partial charge is 0.410 e. The van der Waals surface area contributed by atoms with Gasteiger partial charge in [0, 0.05) is 13.1 Å². The molecule has 0 unspecified atom stereocenters. The van der Waals surface area contributed by atoms with Crippen LogP contribution in [0.4, 0.5) is 4.79 Å². The zero-order valence-electron chi connectivity index (χ0n) is 21.5. The van der Waals surface area contributed by atoms with Gasteiger partial charge in [-0.3, -0.25) is 9.69 Å². The third-order valence-corrected chi connectivity index (χ3v) is 6.12. The number of carbonyl (C=O) groups is 2. The summed E-state index contributed by atoms with van der Waals surface area (Å²) in [6.07, 6.45) is -0.405. The van der Waals surface area contributed by atoms with Crippen LogP contribution in [0.25, 0.3) is 0 Å². The third kappa shape index (κ3) is 7.39. The number of benzene rings is 2. The first-order valence-electron chi connectivity index (χ1n) is 12.3. The average molecular weight is 523 g/mol. The van der Waals surface area contributed by atoms with Crippen LogP contribution in [-0.4, -0.2) is 50.4 Å². The molecule has 3 aromatic rings. The van der Waals surface area contributed by atoms with Crippen molar-refractivity contribution in [3.63, 3.8) is 0 Å². The van der Waals surface area contributed by atoms with Crippen molar-refractivity contribution in [2.75, 3.05) is 13.2 Å². The highest BCUT2D eigenvalue weighted by atomic mass is 16.6. The minimum Gasteiger partial charge on any atom is -0.445 e. The fraction of sp³-hybridized carbons (Fsp3) is 0.429. The molecule has 0 spiro atoms. The van der Waals surface area contributed by atoms with Crippen LogP contribution in [0.1, 0.15) is 55.7 Å². The molecule has 1 aliphatic heterocycles. The van der Waals surface area contributed by atoms with Crippen LogP contribution in [-0.2, 0) is 40.6 Å². The Bertz CT molecular complexity index is 1200. The number of hydrogen-bond acceptors (Lipinski definition) is 7. The average Bonchev–Trinajstić information content (AvgIpc) is 3.31. The number of carbonyl (C=O) groups excluding carboxylic acids is 2. The Morgan fingerprint density at radius 2 is 1.71 bits per heavy atom. The number of ether oxygens (including phenoxy) is 2. The third-order valence-electron chi connectivity index (χ3n) is 6.12. The highest BCUT2D eigenvalue weighted by Crippen LogP contribution is 2.20. The molecule has 1 aliphatic rings. The van der Waals surface area contributed by atoms with E-state index < -0.39 is 17.7 Å². The van der Waals surface area contributed by atoms with Crippen LogP contribution in [0, 0.1) is 6.92 Å². The second kappa shape index (κ2) is 12.7. The first kappa shape index (κ1) is 28.8. The number of nitrogens with two attached hydrogens (primary N) is 1. The molecule has 0 radical (unpaired) electrons. The van der Waals surface area contributed by atoms with Crippen LogP contribution in [0.15, 0.2) is 54.6 Å². The summed E-state index contributed by atoms with van der Waals surface area (Å²) in [5, 5.41) is 11.6. The molecule has 0 aliphatic carbocycles. The van der Waals surface area contributed by atoms with Crippen molar-refractivity contribution in [2.45, 2.75) is 66.1 Å². The normalized spacial score (nSPS) is 13.7. The molecule has 0 bridgehead atoms. The molecule has 10 nitrogen and oxygen atoms in total. The molecule has 10 heteroatoms. The molecule has 204 valence electrons. The fourth-order valence-corrected chi connectivity index (χ4v) is 3.91. The van der Waals surface area contributed by atoms with Gasteiger partial charge in [0.1, 0.15) is 12.6 Å². The van der Waals surface area contributed by atoms with E-state index in [-0.39, 0.29) is 33.1 Å². The predicted molar refractivity (Wildman–Crippen MR) is 144 cm³/mol. The maximum Gasteiger partial charge on any atom is 0.410 e. The van der Waals surface area contributed by atoms with Gasteiger partial charge in [-0.1, -0.05) is 67.6 Å². The van der Waals surface area contributed by atoms with Gasteiger partial charge in [-0.15, -0.1) is 10.2 Å². The SMILES string of the molecule is C.Cc1ccc(COC(=O)N2CCn3c(nnc3[C@@H](COCc3ccccc3)NC(=O)C(C)(C)N)C2)cc1. The predicted octanol–water partition coefficient (Wildman–Crippen LogP) is 3.49. The summed E-state index contributed by atoms with van der Waals surface area (Å²) in [5.74, 6) is 0.853. The fourth-order valence-electron chi connectivity index (χ4n) is 3.91. The van der Waals surface area contributed by atoms with Crippen molar-refractivity contribution < 1.29 is 19.1 Å². The largest absolute Gasteiger partial charge is 0.445 e. The van der Waals surface area contributed by atoms with Gasteiger partial charge < -0.3 is 25.1 Å². The Hall–Kier alpha value is -3.76. The molecule has 38 heavy (non-hydrogen) atoms. The molecular formula is C28H38N6O4. The monoisotopic (exact) mass is 522 g/mol. The summed E-state index contributed by atoms with van der Waals surface area (Å²) in [6, 6.07) is 17.1. The first-order valence-corrected chi connectivity index (χ1v) is 12.3. The Morgan fingerprint density at radius 1 is 1.03 bits per heavy atom. The number of amides is 2. The molecule has 0 saturated carbocycles. The molecular weight excluding hydrogens is 484 g/mol. The summed E-state index contributed by atoms with van der Waals surface area (Å²) < 4.78 is 13.4. The number of aryl methyl sites for hydroxylation is 1. The van der Waals surface area contributed by atoms with E-state index in [0.717, 1.165) is 16.7 Å². The number of hydrogen-bond donors (Lipinski definition) is 2. The van der Waals surface area contributed by atoms with Crippen molar-refractivity contribution in [2.24, 2.45) is 5.73 Å². The van der Waals surface area contributed by atoms with Crippen LogP contribution in [0.5, 0.6) is 0 Å². The molecule has 0 saturated heterocycles. The van der Waals surface area contributed by atoms with Crippen molar-refractivity contribution in [3.8, 4) is 0 Å². The molecule has 2 amide bonds. The van der Waals surface area contributed by atoms with Gasteiger partial charge in [0.25, 0.3) is 0 Å². The van der Waals surface area contributed by atoms with E-state index in [1.807, 2.05) is 66.1 Å². The molecule has 1 aromatic heterocycles. The highest BCUT2D eigenvalue weighted by Gasteiger charge is 2.31. The van der Waals surface area contributed by atoms with Gasteiger partial charge >= 0.3 is 6.09 Å². The Kier molecular flexibility index (Phi) is 9.60. The van der Waals surface area contributed by atoms with E-state index in [0.29, 0.717) is 31.3 Å². The molecule has 2 heterocycles. The number of nitrogens with zero attached hydrogens (tertiary/aromatic N) is 4. The van der Waals surface area contributed by atoms with Crippen molar-refractivity contribution >= 4 is 12.0 Å². The summed E-state index contributed by atoms with van der Waals surface area (Å²) in [7, 11) is 0. The van der Waals surface area contributed by atoms with Crippen molar-refractivity contribution in [3.05, 3.63) is 82.9 Å². The molecule has 0 fully saturated rings. The van der Waals surface area contributed by atoms with Crippen molar-refractivity contribution in [1.82, 2.24) is 25.0 Å². The van der Waals surface area contributed by atoms with Crippen molar-refractivity contribution in [1.29, 1.82) is 0 Å². The zero-order valence-corrected chi connectivity index (χ0v) is 21.5. The van der Waals surface area contributed by atoms with Crippen LogP contribution in [0.2, 0.25) is 0 Å². The van der Waals surface area contributed by atoms with Gasteiger partial charge in [0.15, 0.2) is 11.6 Å².